The summed E-state index contributed by atoms with van der Waals surface area (Å²) in [5.74, 6) is 0. The predicted molar refractivity (Wildman–Crippen MR) is 84.8 cm³/mol. The Kier molecular flexibility index (Phi) is 5.88. The van der Waals surface area contributed by atoms with Gasteiger partial charge < -0.3 is 15.0 Å². The molecule has 0 atom stereocenters. The van der Waals surface area contributed by atoms with Crippen molar-refractivity contribution in [3.05, 3.63) is 24.3 Å². The largest absolute Gasteiger partial charge is 0.449 e. The summed E-state index contributed by atoms with van der Waals surface area (Å²) in [7, 11) is 0. The fraction of sp³-hybridized carbons (Fsp3) is 0.467. The molecule has 2 rings (SSSR count). The molecule has 0 unspecified atom stereocenters. The Bertz CT molecular complexity index is 515. The first kappa shape index (κ1) is 15.9. The summed E-state index contributed by atoms with van der Waals surface area (Å²) in [5.41, 5.74) is 6.13. The Morgan fingerprint density at radius 3 is 2.59 bits per heavy atom. The van der Waals surface area contributed by atoms with E-state index in [0.717, 1.165) is 31.6 Å². The lowest BCUT2D eigenvalue weighted by atomic mass is 10.1. The number of nitrogens with zero attached hydrogens (tertiary/aromatic N) is 1. The summed E-state index contributed by atoms with van der Waals surface area (Å²) in [4.78, 5) is 25.2. The highest BCUT2D eigenvalue weighted by Gasteiger charge is 2.15. The first-order valence-electron chi connectivity index (χ1n) is 7.54. The maximum atomic E-state index is 11.8. The smallest absolute Gasteiger partial charge is 0.426 e. The number of hydrogen-bond acceptors (Lipinski definition) is 4. The molecule has 1 aliphatic heterocycles. The van der Waals surface area contributed by atoms with E-state index in [4.69, 9.17) is 0 Å². The summed E-state index contributed by atoms with van der Waals surface area (Å²) in [5, 5.41) is 2.74. The van der Waals surface area contributed by atoms with Crippen molar-refractivity contribution in [1.29, 1.82) is 0 Å². The minimum atomic E-state index is -0.693. The van der Waals surface area contributed by atoms with Crippen LogP contribution >= 0.6 is 0 Å². The number of piperidine rings is 1. The SMILES string of the molecule is CCOC(=O)NNC(=O)Nc1ccccc1N1CCCCC1. The average Bonchev–Trinajstić information content (AvgIpc) is 2.55. The van der Waals surface area contributed by atoms with Crippen LogP contribution in [0.15, 0.2) is 24.3 Å². The van der Waals surface area contributed by atoms with E-state index in [-0.39, 0.29) is 6.61 Å². The van der Waals surface area contributed by atoms with Crippen LogP contribution in [0.25, 0.3) is 0 Å². The van der Waals surface area contributed by atoms with Crippen LogP contribution in [0.4, 0.5) is 21.0 Å². The van der Waals surface area contributed by atoms with Crippen molar-refractivity contribution in [2.24, 2.45) is 0 Å². The molecule has 0 radical (unpaired) electrons. The molecule has 1 aromatic rings. The van der Waals surface area contributed by atoms with Crippen LogP contribution in [-0.2, 0) is 4.74 Å². The number of hydrogen-bond donors (Lipinski definition) is 3. The minimum absolute atomic E-state index is 0.243. The fourth-order valence-corrected chi connectivity index (χ4v) is 2.42. The highest BCUT2D eigenvalue weighted by molar-refractivity contribution is 5.93. The third kappa shape index (κ3) is 4.54. The van der Waals surface area contributed by atoms with Crippen molar-refractivity contribution >= 4 is 23.5 Å². The molecule has 0 saturated carbocycles. The highest BCUT2D eigenvalue weighted by Crippen LogP contribution is 2.27. The van der Waals surface area contributed by atoms with Gasteiger partial charge in [-0.25, -0.2) is 20.4 Å². The van der Waals surface area contributed by atoms with Crippen LogP contribution in [-0.4, -0.2) is 31.8 Å². The van der Waals surface area contributed by atoms with Gasteiger partial charge in [-0.3, -0.25) is 0 Å². The number of para-hydroxylation sites is 2. The highest BCUT2D eigenvalue weighted by atomic mass is 16.6. The molecule has 3 amide bonds. The van der Waals surface area contributed by atoms with Crippen molar-refractivity contribution < 1.29 is 14.3 Å². The van der Waals surface area contributed by atoms with Gasteiger partial charge in [0.15, 0.2) is 0 Å². The Morgan fingerprint density at radius 2 is 1.86 bits per heavy atom. The first-order chi connectivity index (χ1) is 10.7. The molecule has 120 valence electrons. The zero-order valence-corrected chi connectivity index (χ0v) is 12.7. The van der Waals surface area contributed by atoms with Gasteiger partial charge in [-0.2, -0.15) is 0 Å². The second kappa shape index (κ2) is 8.11. The van der Waals surface area contributed by atoms with Crippen LogP contribution < -0.4 is 21.1 Å². The molecule has 0 aliphatic carbocycles. The molecular formula is C15H22N4O3. The normalized spacial score (nSPS) is 14.1. The van der Waals surface area contributed by atoms with Gasteiger partial charge in [-0.1, -0.05) is 12.1 Å². The number of carbonyl (C=O) groups excluding carboxylic acids is 2. The van der Waals surface area contributed by atoms with Gasteiger partial charge >= 0.3 is 12.1 Å². The lowest BCUT2D eigenvalue weighted by Crippen LogP contribution is -2.44. The van der Waals surface area contributed by atoms with Crippen LogP contribution in [0.1, 0.15) is 26.2 Å². The summed E-state index contributed by atoms with van der Waals surface area (Å²) < 4.78 is 4.66. The molecule has 7 heteroatoms. The van der Waals surface area contributed by atoms with Crippen LogP contribution in [0.5, 0.6) is 0 Å². The fourth-order valence-electron chi connectivity index (χ4n) is 2.42. The van der Waals surface area contributed by atoms with E-state index in [2.05, 4.69) is 25.8 Å². The van der Waals surface area contributed by atoms with Crippen molar-refractivity contribution in [2.75, 3.05) is 29.9 Å². The molecule has 1 aromatic carbocycles. The molecule has 7 nitrogen and oxygen atoms in total. The zero-order chi connectivity index (χ0) is 15.8. The first-order valence-corrected chi connectivity index (χ1v) is 7.54. The van der Waals surface area contributed by atoms with Gasteiger partial charge in [-0.15, -0.1) is 0 Å². The molecule has 1 heterocycles. The number of urea groups is 1. The number of nitrogens with one attached hydrogen (secondary N) is 3. The van der Waals surface area contributed by atoms with Gasteiger partial charge in [-0.05, 0) is 38.3 Å². The van der Waals surface area contributed by atoms with E-state index < -0.39 is 12.1 Å². The summed E-state index contributed by atoms with van der Waals surface area (Å²) in [6, 6.07) is 7.12. The number of amides is 3. The molecule has 1 fully saturated rings. The number of anilines is 2. The van der Waals surface area contributed by atoms with Gasteiger partial charge in [0, 0.05) is 13.1 Å². The summed E-state index contributed by atoms with van der Waals surface area (Å²) in [6.45, 7) is 3.91. The number of rotatable bonds is 3. The van der Waals surface area contributed by atoms with Gasteiger partial charge in [0.05, 0.1) is 18.0 Å². The second-order valence-electron chi connectivity index (χ2n) is 4.99. The third-order valence-corrected chi connectivity index (χ3v) is 3.40. The molecule has 0 aromatic heterocycles. The van der Waals surface area contributed by atoms with E-state index in [9.17, 15) is 9.59 Å². The van der Waals surface area contributed by atoms with E-state index >= 15 is 0 Å². The van der Waals surface area contributed by atoms with E-state index in [1.807, 2.05) is 24.3 Å². The zero-order valence-electron chi connectivity index (χ0n) is 12.7. The molecule has 1 saturated heterocycles. The Balaban J connectivity index is 1.94. The second-order valence-corrected chi connectivity index (χ2v) is 4.99. The predicted octanol–water partition coefficient (Wildman–Crippen LogP) is 2.46. The van der Waals surface area contributed by atoms with Crippen LogP contribution in [0.3, 0.4) is 0 Å². The number of benzene rings is 1. The van der Waals surface area contributed by atoms with Crippen LogP contribution in [0.2, 0.25) is 0 Å². The molecule has 0 spiro atoms. The summed E-state index contributed by atoms with van der Waals surface area (Å²) in [6.07, 6.45) is 2.87. The van der Waals surface area contributed by atoms with E-state index in [1.165, 1.54) is 6.42 Å². The van der Waals surface area contributed by atoms with E-state index in [1.54, 1.807) is 6.92 Å². The molecule has 1 aliphatic rings. The quantitative estimate of drug-likeness (QED) is 0.749. The Morgan fingerprint density at radius 1 is 1.14 bits per heavy atom. The minimum Gasteiger partial charge on any atom is -0.449 e. The van der Waals surface area contributed by atoms with E-state index in [0.29, 0.717) is 5.69 Å². The number of hydrazine groups is 1. The number of carbonyl (C=O) groups is 2. The molecular weight excluding hydrogens is 284 g/mol. The lowest BCUT2D eigenvalue weighted by Gasteiger charge is -2.30. The van der Waals surface area contributed by atoms with Crippen LogP contribution in [0, 0.1) is 0 Å². The lowest BCUT2D eigenvalue weighted by molar-refractivity contribution is 0.148. The van der Waals surface area contributed by atoms with Crippen molar-refractivity contribution in [3.63, 3.8) is 0 Å². The molecule has 22 heavy (non-hydrogen) atoms. The van der Waals surface area contributed by atoms with Crippen molar-refractivity contribution in [3.8, 4) is 0 Å². The Hall–Kier alpha value is -2.44. The molecule has 3 N–H and O–H groups in total. The van der Waals surface area contributed by atoms with Gasteiger partial charge in [0.1, 0.15) is 0 Å². The summed E-state index contributed by atoms with van der Waals surface area (Å²) >= 11 is 0. The average molecular weight is 306 g/mol. The standard InChI is InChI=1S/C15H22N4O3/c1-2-22-15(21)18-17-14(20)16-12-8-4-5-9-13(12)19-10-6-3-7-11-19/h4-5,8-9H,2-3,6-7,10-11H2,1H3,(H,18,21)(H2,16,17,20). The Labute approximate surface area is 130 Å². The third-order valence-electron chi connectivity index (χ3n) is 3.40. The topological polar surface area (TPSA) is 82.7 Å². The van der Waals surface area contributed by atoms with Crippen molar-refractivity contribution in [1.82, 2.24) is 10.9 Å². The van der Waals surface area contributed by atoms with Gasteiger partial charge in [0.25, 0.3) is 0 Å². The molecule has 0 bridgehead atoms. The monoisotopic (exact) mass is 306 g/mol. The maximum Gasteiger partial charge on any atom is 0.426 e. The van der Waals surface area contributed by atoms with Crippen molar-refractivity contribution in [2.45, 2.75) is 26.2 Å². The van der Waals surface area contributed by atoms with Gasteiger partial charge in [0.2, 0.25) is 0 Å². The number of ether oxygens (including phenoxy) is 1. The maximum absolute atomic E-state index is 11.8.